The number of para-hydroxylation sites is 1. The minimum Gasteiger partial charge on any atom is -0.484 e. The number of urea groups is 1. The fraction of sp³-hybridized carbons (Fsp3) is 0.375. The molecule has 0 saturated carbocycles. The summed E-state index contributed by atoms with van der Waals surface area (Å²) in [5.41, 5.74) is 1.86. The SMILES string of the molecule is Cc1ccc(NC(=O)NCC2CCCN(C(=O)CNC(=O)COc3ccccc3)C2)cc1. The first-order valence-electron chi connectivity index (χ1n) is 10.8. The van der Waals surface area contributed by atoms with Crippen LogP contribution in [0.3, 0.4) is 0 Å². The molecule has 8 heteroatoms. The molecule has 2 aromatic carbocycles. The van der Waals surface area contributed by atoms with Crippen molar-refractivity contribution in [1.82, 2.24) is 15.5 Å². The molecule has 0 radical (unpaired) electrons. The van der Waals surface area contributed by atoms with Gasteiger partial charge in [0.25, 0.3) is 5.91 Å². The molecule has 1 fully saturated rings. The van der Waals surface area contributed by atoms with Gasteiger partial charge in [-0.3, -0.25) is 9.59 Å². The lowest BCUT2D eigenvalue weighted by atomic mass is 9.98. The van der Waals surface area contributed by atoms with Gasteiger partial charge >= 0.3 is 6.03 Å². The van der Waals surface area contributed by atoms with Gasteiger partial charge in [0, 0.05) is 25.3 Å². The van der Waals surface area contributed by atoms with Crippen LogP contribution in [0.4, 0.5) is 10.5 Å². The number of nitrogens with zero attached hydrogens (tertiary/aromatic N) is 1. The van der Waals surface area contributed by atoms with Gasteiger partial charge in [-0.2, -0.15) is 0 Å². The molecule has 1 unspecified atom stereocenters. The van der Waals surface area contributed by atoms with Crippen LogP contribution in [-0.2, 0) is 9.59 Å². The number of hydrogen-bond donors (Lipinski definition) is 3. The van der Waals surface area contributed by atoms with E-state index in [0.717, 1.165) is 24.1 Å². The first-order chi connectivity index (χ1) is 15.5. The van der Waals surface area contributed by atoms with E-state index in [0.29, 0.717) is 25.4 Å². The van der Waals surface area contributed by atoms with E-state index in [-0.39, 0.29) is 36.9 Å². The first-order valence-corrected chi connectivity index (χ1v) is 10.8. The molecule has 2 aromatic rings. The van der Waals surface area contributed by atoms with Crippen molar-refractivity contribution in [3.63, 3.8) is 0 Å². The summed E-state index contributed by atoms with van der Waals surface area (Å²) in [5, 5.41) is 8.30. The van der Waals surface area contributed by atoms with Crippen LogP contribution in [0.15, 0.2) is 54.6 Å². The summed E-state index contributed by atoms with van der Waals surface area (Å²) in [6.07, 6.45) is 1.80. The second kappa shape index (κ2) is 11.7. The maximum atomic E-state index is 12.5. The van der Waals surface area contributed by atoms with Crippen LogP contribution in [0.2, 0.25) is 0 Å². The smallest absolute Gasteiger partial charge is 0.319 e. The second-order valence-corrected chi connectivity index (χ2v) is 7.93. The van der Waals surface area contributed by atoms with Crippen LogP contribution in [0, 0.1) is 12.8 Å². The number of likely N-dealkylation sites (tertiary alicyclic amines) is 1. The van der Waals surface area contributed by atoms with E-state index < -0.39 is 0 Å². The number of carbonyl (C=O) groups is 3. The summed E-state index contributed by atoms with van der Waals surface area (Å²) in [4.78, 5) is 38.3. The highest BCUT2D eigenvalue weighted by Gasteiger charge is 2.24. The van der Waals surface area contributed by atoms with Crippen LogP contribution in [0.25, 0.3) is 0 Å². The predicted molar refractivity (Wildman–Crippen MR) is 122 cm³/mol. The molecule has 3 N–H and O–H groups in total. The van der Waals surface area contributed by atoms with Crippen molar-refractivity contribution in [2.24, 2.45) is 5.92 Å². The van der Waals surface area contributed by atoms with Crippen molar-refractivity contribution in [1.29, 1.82) is 0 Å². The molecule has 0 aromatic heterocycles. The third kappa shape index (κ3) is 7.61. The minimum atomic E-state index is -0.342. The maximum absolute atomic E-state index is 12.5. The second-order valence-electron chi connectivity index (χ2n) is 7.93. The first kappa shape index (κ1) is 23.1. The van der Waals surface area contributed by atoms with Crippen molar-refractivity contribution in [3.8, 4) is 5.75 Å². The van der Waals surface area contributed by atoms with E-state index in [4.69, 9.17) is 4.74 Å². The molecule has 4 amide bonds. The van der Waals surface area contributed by atoms with Gasteiger partial charge in [-0.25, -0.2) is 4.79 Å². The predicted octanol–water partition coefficient (Wildman–Crippen LogP) is 2.55. The van der Waals surface area contributed by atoms with Gasteiger partial charge in [0.15, 0.2) is 6.61 Å². The maximum Gasteiger partial charge on any atom is 0.319 e. The molecule has 1 aliphatic rings. The summed E-state index contributed by atoms with van der Waals surface area (Å²) in [7, 11) is 0. The number of benzene rings is 2. The van der Waals surface area contributed by atoms with Crippen molar-refractivity contribution < 1.29 is 19.1 Å². The van der Waals surface area contributed by atoms with E-state index in [1.807, 2.05) is 49.4 Å². The number of amides is 4. The zero-order chi connectivity index (χ0) is 22.8. The lowest BCUT2D eigenvalue weighted by Gasteiger charge is -2.33. The topological polar surface area (TPSA) is 99.8 Å². The Kier molecular flexibility index (Phi) is 8.48. The third-order valence-corrected chi connectivity index (χ3v) is 5.28. The lowest BCUT2D eigenvalue weighted by Crippen LogP contribution is -2.47. The lowest BCUT2D eigenvalue weighted by molar-refractivity contribution is -0.134. The minimum absolute atomic E-state index is 0.0644. The van der Waals surface area contributed by atoms with Crippen molar-refractivity contribution in [2.75, 3.05) is 38.1 Å². The van der Waals surface area contributed by atoms with Crippen LogP contribution in [0.5, 0.6) is 5.75 Å². The van der Waals surface area contributed by atoms with Gasteiger partial charge < -0.3 is 25.6 Å². The van der Waals surface area contributed by atoms with E-state index in [1.54, 1.807) is 17.0 Å². The number of piperidine rings is 1. The summed E-state index contributed by atoms with van der Waals surface area (Å²) in [5.74, 6) is 0.303. The molecular formula is C24H30N4O4. The van der Waals surface area contributed by atoms with Crippen molar-refractivity contribution >= 4 is 23.5 Å². The Morgan fingerprint density at radius 2 is 1.78 bits per heavy atom. The summed E-state index contributed by atoms with van der Waals surface area (Å²) >= 11 is 0. The fourth-order valence-electron chi connectivity index (χ4n) is 3.51. The highest BCUT2D eigenvalue weighted by Crippen LogP contribution is 2.16. The summed E-state index contributed by atoms with van der Waals surface area (Å²) < 4.78 is 5.38. The number of ether oxygens (including phenoxy) is 1. The highest BCUT2D eigenvalue weighted by molar-refractivity contribution is 5.89. The number of nitrogens with one attached hydrogen (secondary N) is 3. The number of carbonyl (C=O) groups excluding carboxylic acids is 3. The van der Waals surface area contributed by atoms with Crippen LogP contribution < -0.4 is 20.7 Å². The van der Waals surface area contributed by atoms with Gasteiger partial charge in [-0.05, 0) is 49.9 Å². The third-order valence-electron chi connectivity index (χ3n) is 5.28. The van der Waals surface area contributed by atoms with Gasteiger partial charge in [0.2, 0.25) is 5.91 Å². The number of aryl methyl sites for hydroxylation is 1. The fourth-order valence-corrected chi connectivity index (χ4v) is 3.51. The Bertz CT molecular complexity index is 902. The zero-order valence-electron chi connectivity index (χ0n) is 18.3. The molecule has 1 aliphatic heterocycles. The van der Waals surface area contributed by atoms with Gasteiger partial charge in [0.1, 0.15) is 5.75 Å². The normalized spacial score (nSPS) is 15.5. The average Bonchev–Trinajstić information content (AvgIpc) is 2.82. The molecule has 1 saturated heterocycles. The van der Waals surface area contributed by atoms with Crippen molar-refractivity contribution in [2.45, 2.75) is 19.8 Å². The molecule has 1 heterocycles. The molecule has 8 nitrogen and oxygen atoms in total. The molecule has 0 aliphatic carbocycles. The van der Waals surface area contributed by atoms with Crippen LogP contribution in [0.1, 0.15) is 18.4 Å². The molecular weight excluding hydrogens is 408 g/mol. The standard InChI is InChI=1S/C24H30N4O4/c1-18-9-11-20(12-10-18)27-24(31)26-14-19-6-5-13-28(16-19)23(30)15-25-22(29)17-32-21-7-3-2-4-8-21/h2-4,7-12,19H,5-6,13-17H2,1H3,(H,25,29)(H2,26,27,31). The zero-order valence-corrected chi connectivity index (χ0v) is 18.3. The Morgan fingerprint density at radius 1 is 1.03 bits per heavy atom. The number of rotatable bonds is 8. The molecule has 170 valence electrons. The van der Waals surface area contributed by atoms with Gasteiger partial charge in [-0.1, -0.05) is 35.9 Å². The van der Waals surface area contributed by atoms with Crippen LogP contribution in [-0.4, -0.2) is 55.5 Å². The molecule has 32 heavy (non-hydrogen) atoms. The van der Waals surface area contributed by atoms with Gasteiger partial charge in [-0.15, -0.1) is 0 Å². The molecule has 3 rings (SSSR count). The van der Waals surface area contributed by atoms with Gasteiger partial charge in [0.05, 0.1) is 6.54 Å². The Balaban J connectivity index is 1.35. The average molecular weight is 439 g/mol. The summed E-state index contributed by atoms with van der Waals surface area (Å²) in [6, 6.07) is 16.4. The highest BCUT2D eigenvalue weighted by atomic mass is 16.5. The van der Waals surface area contributed by atoms with Crippen LogP contribution >= 0.6 is 0 Å². The van der Waals surface area contributed by atoms with E-state index in [1.165, 1.54) is 0 Å². The molecule has 0 spiro atoms. The van der Waals surface area contributed by atoms with E-state index in [2.05, 4.69) is 16.0 Å². The Hall–Kier alpha value is -3.55. The Labute approximate surface area is 188 Å². The quantitative estimate of drug-likeness (QED) is 0.590. The van der Waals surface area contributed by atoms with E-state index >= 15 is 0 Å². The van der Waals surface area contributed by atoms with Crippen molar-refractivity contribution in [3.05, 3.63) is 60.2 Å². The number of hydrogen-bond acceptors (Lipinski definition) is 4. The molecule has 1 atom stereocenters. The largest absolute Gasteiger partial charge is 0.484 e. The molecule has 0 bridgehead atoms. The monoisotopic (exact) mass is 438 g/mol. The van der Waals surface area contributed by atoms with E-state index in [9.17, 15) is 14.4 Å². The number of anilines is 1. The summed E-state index contributed by atoms with van der Waals surface area (Å²) in [6.45, 7) is 3.48. The Morgan fingerprint density at radius 3 is 2.53 bits per heavy atom.